The van der Waals surface area contributed by atoms with Crippen LogP contribution in [0.4, 0.5) is 0 Å². The highest BCUT2D eigenvalue weighted by Gasteiger charge is 2.12. The van der Waals surface area contributed by atoms with Crippen molar-refractivity contribution in [3.63, 3.8) is 0 Å². The van der Waals surface area contributed by atoms with E-state index in [2.05, 4.69) is 27.6 Å². The van der Waals surface area contributed by atoms with Crippen LogP contribution in [0.15, 0.2) is 60.1 Å². The monoisotopic (exact) mass is 339 g/mol. The van der Waals surface area contributed by atoms with Gasteiger partial charge in [0.1, 0.15) is 5.01 Å². The molecule has 2 heterocycles. The number of aromatic nitrogens is 2. The summed E-state index contributed by atoms with van der Waals surface area (Å²) in [5.41, 5.74) is 2.86. The van der Waals surface area contributed by atoms with E-state index < -0.39 is 6.10 Å². The first kappa shape index (κ1) is 16.8. The first-order valence-electron chi connectivity index (χ1n) is 8.04. The van der Waals surface area contributed by atoms with Gasteiger partial charge in [-0.3, -0.25) is 4.98 Å². The molecule has 2 unspecified atom stereocenters. The van der Waals surface area contributed by atoms with Crippen molar-refractivity contribution in [2.75, 3.05) is 0 Å². The zero-order chi connectivity index (χ0) is 16.8. The lowest BCUT2D eigenvalue weighted by Gasteiger charge is -2.17. The van der Waals surface area contributed by atoms with E-state index in [4.69, 9.17) is 0 Å². The minimum absolute atomic E-state index is 0.195. The average molecular weight is 339 g/mol. The van der Waals surface area contributed by atoms with E-state index in [1.54, 1.807) is 17.5 Å². The lowest BCUT2D eigenvalue weighted by molar-refractivity contribution is 0.154. The molecule has 0 fully saturated rings. The van der Waals surface area contributed by atoms with Crippen LogP contribution < -0.4 is 5.32 Å². The summed E-state index contributed by atoms with van der Waals surface area (Å²) in [4.78, 5) is 8.95. The number of hydrogen-bond acceptors (Lipinski definition) is 5. The summed E-state index contributed by atoms with van der Waals surface area (Å²) in [7, 11) is 0. The topological polar surface area (TPSA) is 58.0 Å². The van der Waals surface area contributed by atoms with Crippen LogP contribution in [0, 0.1) is 0 Å². The van der Waals surface area contributed by atoms with Gasteiger partial charge in [0, 0.05) is 24.2 Å². The van der Waals surface area contributed by atoms with Gasteiger partial charge in [-0.25, -0.2) is 4.98 Å². The lowest BCUT2D eigenvalue weighted by atomic mass is 10.0. The van der Waals surface area contributed by atoms with Crippen LogP contribution in [-0.4, -0.2) is 21.1 Å². The molecular weight excluding hydrogens is 318 g/mol. The van der Waals surface area contributed by atoms with Crippen LogP contribution in [0.3, 0.4) is 0 Å². The Morgan fingerprint density at radius 1 is 1.12 bits per heavy atom. The second-order valence-corrected chi connectivity index (χ2v) is 6.66. The third kappa shape index (κ3) is 4.47. The Hall–Kier alpha value is -2.08. The smallest absolute Gasteiger partial charge is 0.142 e. The molecular formula is C19H21N3OS. The van der Waals surface area contributed by atoms with Crippen molar-refractivity contribution in [3.8, 4) is 10.7 Å². The first-order valence-corrected chi connectivity index (χ1v) is 8.92. The van der Waals surface area contributed by atoms with Gasteiger partial charge in [-0.15, -0.1) is 11.3 Å². The first-order chi connectivity index (χ1) is 11.7. The minimum Gasteiger partial charge on any atom is -0.388 e. The number of rotatable bonds is 7. The summed E-state index contributed by atoms with van der Waals surface area (Å²) in [5, 5.41) is 16.7. The summed E-state index contributed by atoms with van der Waals surface area (Å²) >= 11 is 1.60. The van der Waals surface area contributed by atoms with Crippen molar-refractivity contribution in [3.05, 3.63) is 71.4 Å². The molecule has 2 N–H and O–H groups in total. The fourth-order valence-electron chi connectivity index (χ4n) is 2.50. The van der Waals surface area contributed by atoms with E-state index in [-0.39, 0.29) is 6.04 Å². The normalized spacial score (nSPS) is 13.6. The van der Waals surface area contributed by atoms with E-state index >= 15 is 0 Å². The molecule has 0 saturated heterocycles. The van der Waals surface area contributed by atoms with Gasteiger partial charge in [0.15, 0.2) is 0 Å². The van der Waals surface area contributed by atoms with Gasteiger partial charge in [-0.05, 0) is 31.0 Å². The standard InChI is InChI=1S/C19H21N3OS/c1-14(11-18(23)15-7-3-2-4-8-15)21-12-16-13-24-19(22-16)17-9-5-6-10-20-17/h2-10,13-14,18,21,23H,11-12H2,1H3. The zero-order valence-corrected chi connectivity index (χ0v) is 14.4. The molecule has 2 aromatic heterocycles. The molecule has 124 valence electrons. The summed E-state index contributed by atoms with van der Waals surface area (Å²) in [6, 6.07) is 15.8. The summed E-state index contributed by atoms with van der Waals surface area (Å²) in [5.74, 6) is 0. The molecule has 0 radical (unpaired) electrons. The molecule has 0 aliphatic rings. The van der Waals surface area contributed by atoms with Crippen LogP contribution in [0.5, 0.6) is 0 Å². The highest BCUT2D eigenvalue weighted by atomic mass is 32.1. The summed E-state index contributed by atoms with van der Waals surface area (Å²) in [6.45, 7) is 2.77. The zero-order valence-electron chi connectivity index (χ0n) is 13.6. The van der Waals surface area contributed by atoms with Crippen molar-refractivity contribution < 1.29 is 5.11 Å². The second-order valence-electron chi connectivity index (χ2n) is 5.80. The number of nitrogens with zero attached hydrogens (tertiary/aromatic N) is 2. The van der Waals surface area contributed by atoms with Crippen molar-refractivity contribution >= 4 is 11.3 Å². The number of nitrogens with one attached hydrogen (secondary N) is 1. The molecule has 4 nitrogen and oxygen atoms in total. The highest BCUT2D eigenvalue weighted by Crippen LogP contribution is 2.22. The Kier molecular flexibility index (Phi) is 5.69. The highest BCUT2D eigenvalue weighted by molar-refractivity contribution is 7.13. The number of pyridine rings is 1. The van der Waals surface area contributed by atoms with Gasteiger partial charge in [0.25, 0.3) is 0 Å². The van der Waals surface area contributed by atoms with Gasteiger partial charge in [0.05, 0.1) is 17.5 Å². The van der Waals surface area contributed by atoms with Crippen molar-refractivity contribution in [1.82, 2.24) is 15.3 Å². The predicted octanol–water partition coefficient (Wildman–Crippen LogP) is 3.81. The molecule has 24 heavy (non-hydrogen) atoms. The maximum absolute atomic E-state index is 10.3. The number of hydrogen-bond donors (Lipinski definition) is 2. The van der Waals surface area contributed by atoms with Crippen LogP contribution in [-0.2, 0) is 6.54 Å². The second kappa shape index (κ2) is 8.15. The summed E-state index contributed by atoms with van der Waals surface area (Å²) < 4.78 is 0. The average Bonchev–Trinajstić information content (AvgIpc) is 3.10. The van der Waals surface area contributed by atoms with Crippen LogP contribution >= 0.6 is 11.3 Å². The van der Waals surface area contributed by atoms with Gasteiger partial charge in [-0.2, -0.15) is 0 Å². The fraction of sp³-hybridized carbons (Fsp3) is 0.263. The number of aliphatic hydroxyl groups excluding tert-OH is 1. The minimum atomic E-state index is -0.451. The molecule has 2 atom stereocenters. The Labute approximate surface area is 146 Å². The van der Waals surface area contributed by atoms with Crippen LogP contribution in [0.1, 0.15) is 30.7 Å². The van der Waals surface area contributed by atoms with Gasteiger partial charge in [-0.1, -0.05) is 36.4 Å². The molecule has 0 aliphatic heterocycles. The van der Waals surface area contributed by atoms with Gasteiger partial charge in [0.2, 0.25) is 0 Å². The molecule has 0 aliphatic carbocycles. The SMILES string of the molecule is CC(CC(O)c1ccccc1)NCc1csc(-c2ccccn2)n1. The maximum Gasteiger partial charge on any atom is 0.142 e. The predicted molar refractivity (Wildman–Crippen MR) is 97.7 cm³/mol. The van der Waals surface area contributed by atoms with E-state index in [0.717, 1.165) is 22.0 Å². The fourth-order valence-corrected chi connectivity index (χ4v) is 3.30. The Bertz CT molecular complexity index is 746. The number of aliphatic hydroxyl groups is 1. The Morgan fingerprint density at radius 3 is 2.67 bits per heavy atom. The van der Waals surface area contributed by atoms with Gasteiger partial charge < -0.3 is 10.4 Å². The van der Waals surface area contributed by atoms with E-state index in [9.17, 15) is 5.11 Å². The van der Waals surface area contributed by atoms with Crippen molar-refractivity contribution in [1.29, 1.82) is 0 Å². The number of benzene rings is 1. The van der Waals surface area contributed by atoms with E-state index in [1.807, 2.05) is 48.5 Å². The van der Waals surface area contributed by atoms with Crippen molar-refractivity contribution in [2.24, 2.45) is 0 Å². The van der Waals surface area contributed by atoms with Crippen LogP contribution in [0.25, 0.3) is 10.7 Å². The van der Waals surface area contributed by atoms with Crippen LogP contribution in [0.2, 0.25) is 0 Å². The molecule has 0 bridgehead atoms. The molecule has 3 aromatic rings. The largest absolute Gasteiger partial charge is 0.388 e. The van der Waals surface area contributed by atoms with E-state index in [0.29, 0.717) is 13.0 Å². The summed E-state index contributed by atoms with van der Waals surface area (Å²) in [6.07, 6.45) is 2.00. The Morgan fingerprint density at radius 2 is 1.92 bits per heavy atom. The number of thiazole rings is 1. The Balaban J connectivity index is 1.51. The molecule has 0 spiro atoms. The molecule has 0 amide bonds. The molecule has 3 rings (SSSR count). The molecule has 1 aromatic carbocycles. The van der Waals surface area contributed by atoms with E-state index in [1.165, 1.54) is 0 Å². The molecule has 5 heteroatoms. The maximum atomic E-state index is 10.3. The third-order valence-corrected chi connectivity index (χ3v) is 4.74. The van der Waals surface area contributed by atoms with Gasteiger partial charge >= 0.3 is 0 Å². The van der Waals surface area contributed by atoms with Crippen molar-refractivity contribution in [2.45, 2.75) is 32.0 Å². The molecule has 0 saturated carbocycles. The lowest BCUT2D eigenvalue weighted by Crippen LogP contribution is -2.27. The third-order valence-electron chi connectivity index (χ3n) is 3.83. The quantitative estimate of drug-likeness (QED) is 0.687.